The van der Waals surface area contributed by atoms with E-state index in [0.29, 0.717) is 17.5 Å². The third-order valence-corrected chi connectivity index (χ3v) is 4.65. The highest BCUT2D eigenvalue weighted by atomic mass is 16.5. The lowest BCUT2D eigenvalue weighted by atomic mass is 9.97. The maximum absolute atomic E-state index is 12.3. The summed E-state index contributed by atoms with van der Waals surface area (Å²) in [4.78, 5) is 37.9. The van der Waals surface area contributed by atoms with Crippen LogP contribution < -0.4 is 4.74 Å². The molecule has 2 aromatic rings. The number of para-hydroxylation sites is 1. The van der Waals surface area contributed by atoms with Crippen LogP contribution >= 0.6 is 0 Å². The van der Waals surface area contributed by atoms with E-state index >= 15 is 0 Å². The number of benzene rings is 2. The van der Waals surface area contributed by atoms with Gasteiger partial charge in [0, 0.05) is 0 Å². The van der Waals surface area contributed by atoms with Crippen molar-refractivity contribution in [3.8, 4) is 5.75 Å². The molecular formula is C20H17NO5. The van der Waals surface area contributed by atoms with E-state index in [1.165, 1.54) is 0 Å². The van der Waals surface area contributed by atoms with Gasteiger partial charge in [-0.25, -0.2) is 0 Å². The minimum Gasteiger partial charge on any atom is -0.492 e. The Morgan fingerprint density at radius 1 is 1.04 bits per heavy atom. The van der Waals surface area contributed by atoms with Crippen molar-refractivity contribution in [3.63, 3.8) is 0 Å². The van der Waals surface area contributed by atoms with Crippen LogP contribution in [-0.2, 0) is 16.0 Å². The van der Waals surface area contributed by atoms with Crippen molar-refractivity contribution in [2.45, 2.75) is 6.42 Å². The summed E-state index contributed by atoms with van der Waals surface area (Å²) in [6, 6.07) is 14.3. The van der Waals surface area contributed by atoms with Crippen LogP contribution in [0.15, 0.2) is 48.5 Å². The van der Waals surface area contributed by atoms with Gasteiger partial charge in [0.05, 0.1) is 23.6 Å². The van der Waals surface area contributed by atoms with Crippen molar-refractivity contribution in [3.05, 3.63) is 65.2 Å². The summed E-state index contributed by atoms with van der Waals surface area (Å²) in [5.41, 5.74) is 1.75. The molecule has 1 unspecified atom stereocenters. The van der Waals surface area contributed by atoms with Crippen LogP contribution in [0.3, 0.4) is 0 Å². The van der Waals surface area contributed by atoms with Crippen LogP contribution in [0.2, 0.25) is 0 Å². The first kappa shape index (κ1) is 16.3. The lowest BCUT2D eigenvalue weighted by molar-refractivity contribution is -0.150. The highest BCUT2D eigenvalue weighted by Crippen LogP contribution is 2.27. The summed E-state index contributed by atoms with van der Waals surface area (Å²) in [5, 5.41) is 0. The highest BCUT2D eigenvalue weighted by Gasteiger charge is 2.35. The Bertz CT molecular complexity index is 856. The summed E-state index contributed by atoms with van der Waals surface area (Å²) >= 11 is 0. The molecule has 26 heavy (non-hydrogen) atoms. The lowest BCUT2D eigenvalue weighted by Crippen LogP contribution is -2.35. The second-order valence-electron chi connectivity index (χ2n) is 6.29. The first-order valence-corrected chi connectivity index (χ1v) is 8.47. The number of esters is 1. The molecule has 0 spiro atoms. The van der Waals surface area contributed by atoms with Crippen LogP contribution in [0.4, 0.5) is 0 Å². The molecule has 2 aliphatic rings. The van der Waals surface area contributed by atoms with E-state index in [1.54, 1.807) is 24.3 Å². The van der Waals surface area contributed by atoms with Crippen LogP contribution in [0.25, 0.3) is 0 Å². The number of ether oxygens (including phenoxy) is 2. The van der Waals surface area contributed by atoms with Gasteiger partial charge in [-0.3, -0.25) is 19.3 Å². The summed E-state index contributed by atoms with van der Waals surface area (Å²) in [6.45, 7) is 0.285. The lowest BCUT2D eigenvalue weighted by Gasteiger charge is -2.24. The van der Waals surface area contributed by atoms with Gasteiger partial charge < -0.3 is 9.47 Å². The highest BCUT2D eigenvalue weighted by molar-refractivity contribution is 6.21. The Morgan fingerprint density at radius 3 is 2.42 bits per heavy atom. The van der Waals surface area contributed by atoms with E-state index in [9.17, 15) is 14.4 Å². The van der Waals surface area contributed by atoms with Gasteiger partial charge in [0.15, 0.2) is 0 Å². The first-order chi connectivity index (χ1) is 12.6. The molecule has 4 rings (SSSR count). The molecule has 2 amide bonds. The molecule has 0 fully saturated rings. The molecule has 2 aromatic carbocycles. The molecule has 6 heteroatoms. The number of nitrogens with zero attached hydrogens (tertiary/aromatic N) is 1. The molecule has 0 aromatic heterocycles. The zero-order valence-corrected chi connectivity index (χ0v) is 14.0. The molecule has 6 nitrogen and oxygen atoms in total. The van der Waals surface area contributed by atoms with Gasteiger partial charge in [0.1, 0.15) is 19.0 Å². The molecule has 0 bridgehead atoms. The molecule has 2 heterocycles. The monoisotopic (exact) mass is 351 g/mol. The van der Waals surface area contributed by atoms with Crippen LogP contribution in [0.5, 0.6) is 5.75 Å². The minimum atomic E-state index is -0.382. The van der Waals surface area contributed by atoms with E-state index in [0.717, 1.165) is 16.2 Å². The molecule has 0 aliphatic carbocycles. The number of fused-ring (bicyclic) bond motifs is 2. The van der Waals surface area contributed by atoms with Gasteiger partial charge in [-0.05, 0) is 30.2 Å². The summed E-state index contributed by atoms with van der Waals surface area (Å²) < 4.78 is 10.9. The van der Waals surface area contributed by atoms with E-state index < -0.39 is 0 Å². The number of hydrogen-bond donors (Lipinski definition) is 0. The third-order valence-electron chi connectivity index (χ3n) is 4.65. The Kier molecular flexibility index (Phi) is 4.16. The predicted molar refractivity (Wildman–Crippen MR) is 91.9 cm³/mol. The van der Waals surface area contributed by atoms with Crippen LogP contribution in [0, 0.1) is 5.92 Å². The van der Waals surface area contributed by atoms with Gasteiger partial charge in [0.2, 0.25) is 0 Å². The number of carbonyl (C=O) groups excluding carboxylic acids is 3. The van der Waals surface area contributed by atoms with Gasteiger partial charge in [0.25, 0.3) is 11.8 Å². The molecule has 0 radical (unpaired) electrons. The fraction of sp³-hybridized carbons (Fsp3) is 0.250. The van der Waals surface area contributed by atoms with Gasteiger partial charge in [-0.1, -0.05) is 30.3 Å². The standard InChI is InChI=1S/C20H17NO5/c22-18-15-6-2-3-7-16(15)19(23)21(18)9-10-25-20(24)14-11-13-5-1-4-8-17(13)26-12-14/h1-8,14H,9-12H2. The van der Waals surface area contributed by atoms with Crippen LogP contribution in [0.1, 0.15) is 26.3 Å². The predicted octanol–water partition coefficient (Wildman–Crippen LogP) is 2.08. The molecule has 0 N–H and O–H groups in total. The van der Waals surface area contributed by atoms with Crippen LogP contribution in [-0.4, -0.2) is 42.4 Å². The van der Waals surface area contributed by atoms with Gasteiger partial charge in [-0.15, -0.1) is 0 Å². The molecule has 1 atom stereocenters. The Morgan fingerprint density at radius 2 is 1.69 bits per heavy atom. The molecule has 132 valence electrons. The largest absolute Gasteiger partial charge is 0.492 e. The van der Waals surface area contributed by atoms with Crippen molar-refractivity contribution in [2.75, 3.05) is 19.8 Å². The SMILES string of the molecule is O=C(OCCN1C(=O)c2ccccc2C1=O)C1COc2ccccc2C1. The Labute approximate surface area is 150 Å². The van der Waals surface area contributed by atoms with E-state index in [1.807, 2.05) is 24.3 Å². The number of rotatable bonds is 4. The number of imide groups is 1. The fourth-order valence-electron chi connectivity index (χ4n) is 3.28. The minimum absolute atomic E-state index is 0.0253. The number of amides is 2. The summed E-state index contributed by atoms with van der Waals surface area (Å²) in [5.74, 6) is -0.668. The molecule has 2 aliphatic heterocycles. The number of hydrogen-bond acceptors (Lipinski definition) is 5. The molecular weight excluding hydrogens is 334 g/mol. The Hall–Kier alpha value is -3.15. The first-order valence-electron chi connectivity index (χ1n) is 8.47. The second-order valence-corrected chi connectivity index (χ2v) is 6.29. The number of carbonyl (C=O) groups is 3. The maximum atomic E-state index is 12.3. The smallest absolute Gasteiger partial charge is 0.312 e. The van der Waals surface area contributed by atoms with E-state index in [4.69, 9.17) is 9.47 Å². The van der Waals surface area contributed by atoms with E-state index in [-0.39, 0.29) is 43.5 Å². The molecule has 0 saturated carbocycles. The normalized spacial score (nSPS) is 18.2. The van der Waals surface area contributed by atoms with Crippen molar-refractivity contribution >= 4 is 17.8 Å². The maximum Gasteiger partial charge on any atom is 0.312 e. The quantitative estimate of drug-likeness (QED) is 0.623. The van der Waals surface area contributed by atoms with Crippen molar-refractivity contribution in [1.29, 1.82) is 0 Å². The molecule has 0 saturated heterocycles. The average molecular weight is 351 g/mol. The topological polar surface area (TPSA) is 72.9 Å². The van der Waals surface area contributed by atoms with Gasteiger partial charge in [-0.2, -0.15) is 0 Å². The average Bonchev–Trinajstić information content (AvgIpc) is 2.92. The van der Waals surface area contributed by atoms with Crippen molar-refractivity contribution < 1.29 is 23.9 Å². The van der Waals surface area contributed by atoms with E-state index in [2.05, 4.69) is 0 Å². The third kappa shape index (κ3) is 2.83. The zero-order chi connectivity index (χ0) is 18.1. The summed E-state index contributed by atoms with van der Waals surface area (Å²) in [7, 11) is 0. The van der Waals surface area contributed by atoms with Crippen molar-refractivity contribution in [2.24, 2.45) is 5.92 Å². The second kappa shape index (κ2) is 6.63. The van der Waals surface area contributed by atoms with Crippen molar-refractivity contribution in [1.82, 2.24) is 4.90 Å². The summed E-state index contributed by atoms with van der Waals surface area (Å²) in [6.07, 6.45) is 0.558. The fourth-order valence-corrected chi connectivity index (χ4v) is 3.28. The Balaban J connectivity index is 1.33. The van der Waals surface area contributed by atoms with Gasteiger partial charge >= 0.3 is 5.97 Å². The zero-order valence-electron chi connectivity index (χ0n) is 14.0.